The van der Waals surface area contributed by atoms with E-state index in [-0.39, 0.29) is 34.8 Å². The van der Waals surface area contributed by atoms with Gasteiger partial charge in [-0.15, -0.1) is 0 Å². The molecule has 1 N–H and O–H groups in total. The normalized spacial score (nSPS) is 19.6. The monoisotopic (exact) mass is 473 g/mol. The lowest BCUT2D eigenvalue weighted by Gasteiger charge is -2.11. The number of hydrogen-bond acceptors (Lipinski definition) is 9. The topological polar surface area (TPSA) is 146 Å². The summed E-state index contributed by atoms with van der Waals surface area (Å²) in [6.45, 7) is 2.94. The van der Waals surface area contributed by atoms with Gasteiger partial charge in [-0.1, -0.05) is 5.16 Å². The smallest absolute Gasteiger partial charge is 0.339 e. The van der Waals surface area contributed by atoms with E-state index in [4.69, 9.17) is 14.2 Å². The lowest BCUT2D eigenvalue weighted by Crippen LogP contribution is -2.21. The van der Waals surface area contributed by atoms with Crippen molar-refractivity contribution in [2.24, 2.45) is 0 Å². The fourth-order valence-corrected chi connectivity index (χ4v) is 5.81. The second kappa shape index (κ2) is 7.94. The average Bonchev–Trinajstić information content (AvgIpc) is 3.33. The fraction of sp³-hybridized carbons (Fsp3) is 0.476. The van der Waals surface area contributed by atoms with Crippen molar-refractivity contribution in [3.8, 4) is 0 Å². The molecule has 33 heavy (non-hydrogen) atoms. The van der Waals surface area contributed by atoms with E-state index in [0.717, 1.165) is 18.5 Å². The van der Waals surface area contributed by atoms with Crippen LogP contribution in [0.3, 0.4) is 0 Å². The highest BCUT2D eigenvalue weighted by atomic mass is 32.2. The minimum absolute atomic E-state index is 0.0000284. The van der Waals surface area contributed by atoms with Gasteiger partial charge in [0.1, 0.15) is 5.76 Å². The number of aryl methyl sites for hydroxylation is 2. The largest absolute Gasteiger partial charge is 0.452 e. The van der Waals surface area contributed by atoms with Gasteiger partial charge in [0.25, 0.3) is 5.91 Å². The Balaban J connectivity index is 1.43. The Kier molecular flexibility index (Phi) is 5.19. The molecule has 5 rings (SSSR count). The van der Waals surface area contributed by atoms with Gasteiger partial charge in [-0.3, -0.25) is 4.79 Å². The number of pyridine rings is 1. The number of hydrogen-bond donors (Lipinski definition) is 1. The number of nitrogens with one attached hydrogen (secondary N) is 1. The third-order valence-electron chi connectivity index (χ3n) is 5.86. The summed E-state index contributed by atoms with van der Waals surface area (Å²) in [7, 11) is -3.12. The van der Waals surface area contributed by atoms with E-state index >= 15 is 0 Å². The van der Waals surface area contributed by atoms with Gasteiger partial charge in [0.2, 0.25) is 0 Å². The van der Waals surface area contributed by atoms with Crippen molar-refractivity contribution in [2.45, 2.75) is 45.1 Å². The van der Waals surface area contributed by atoms with Gasteiger partial charge in [0.05, 0.1) is 34.2 Å². The van der Waals surface area contributed by atoms with E-state index in [2.05, 4.69) is 15.6 Å². The van der Waals surface area contributed by atoms with Gasteiger partial charge in [-0.2, -0.15) is 5.10 Å². The van der Waals surface area contributed by atoms with Gasteiger partial charge in [0, 0.05) is 17.7 Å². The number of anilines is 1. The van der Waals surface area contributed by atoms with Gasteiger partial charge in [-0.25, -0.2) is 22.9 Å². The zero-order chi connectivity index (χ0) is 23.3. The number of esters is 1. The number of amides is 1. The first-order valence-electron chi connectivity index (χ1n) is 10.7. The van der Waals surface area contributed by atoms with Crippen LogP contribution in [0.25, 0.3) is 11.0 Å². The molecule has 174 valence electrons. The van der Waals surface area contributed by atoms with Crippen LogP contribution in [0.5, 0.6) is 0 Å². The first-order valence-corrected chi connectivity index (χ1v) is 12.5. The first kappa shape index (κ1) is 21.6. The Bertz CT molecular complexity index is 1370. The van der Waals surface area contributed by atoms with E-state index in [0.29, 0.717) is 28.9 Å². The molecule has 3 aromatic rings. The lowest BCUT2D eigenvalue weighted by atomic mass is 10.1. The van der Waals surface area contributed by atoms with Crippen molar-refractivity contribution in [3.05, 3.63) is 34.8 Å². The molecule has 0 bridgehead atoms. The van der Waals surface area contributed by atoms with Gasteiger partial charge >= 0.3 is 5.97 Å². The number of rotatable bonds is 6. The van der Waals surface area contributed by atoms with Crippen LogP contribution in [0, 0.1) is 13.8 Å². The summed E-state index contributed by atoms with van der Waals surface area (Å²) in [5.41, 5.74) is 2.06. The fourth-order valence-electron chi connectivity index (χ4n) is 4.12. The van der Waals surface area contributed by atoms with Crippen LogP contribution in [0.1, 0.15) is 58.7 Å². The van der Waals surface area contributed by atoms with Crippen LogP contribution >= 0.6 is 0 Å². The van der Waals surface area contributed by atoms with Crippen LogP contribution in [-0.4, -0.2) is 58.3 Å². The summed E-state index contributed by atoms with van der Waals surface area (Å²) in [5.74, 6) is -0.0904. The molecule has 1 aliphatic carbocycles. The highest BCUT2D eigenvalue weighted by Gasteiger charge is 2.34. The highest BCUT2D eigenvalue weighted by Crippen LogP contribution is 2.41. The van der Waals surface area contributed by atoms with Crippen LogP contribution in [-0.2, 0) is 19.4 Å². The lowest BCUT2D eigenvalue weighted by molar-refractivity contribution is -0.119. The molecule has 1 aliphatic heterocycles. The van der Waals surface area contributed by atoms with Crippen LogP contribution < -0.4 is 5.32 Å². The van der Waals surface area contributed by atoms with E-state index in [1.54, 1.807) is 30.7 Å². The van der Waals surface area contributed by atoms with E-state index in [1.165, 1.54) is 0 Å². The molecule has 1 atom stereocenters. The number of fused-ring (bicyclic) bond motifs is 1. The van der Waals surface area contributed by atoms with Crippen molar-refractivity contribution >= 4 is 38.6 Å². The summed E-state index contributed by atoms with van der Waals surface area (Å²) < 4.78 is 35.8. The number of ether oxygens (including phenoxy) is 1. The molecule has 0 spiro atoms. The molecule has 1 saturated heterocycles. The molecule has 12 heteroatoms. The van der Waals surface area contributed by atoms with Crippen molar-refractivity contribution in [1.82, 2.24) is 19.9 Å². The van der Waals surface area contributed by atoms with Gasteiger partial charge in [-0.05, 0) is 39.2 Å². The maximum Gasteiger partial charge on any atom is 0.339 e. The molecule has 2 fully saturated rings. The molecule has 2 aliphatic rings. The molecule has 4 heterocycles. The maximum absolute atomic E-state index is 13.0. The Hall–Kier alpha value is -3.28. The Labute approximate surface area is 189 Å². The minimum Gasteiger partial charge on any atom is -0.452 e. The number of aromatic nitrogens is 4. The van der Waals surface area contributed by atoms with Crippen molar-refractivity contribution in [3.63, 3.8) is 0 Å². The molecule has 11 nitrogen and oxygen atoms in total. The number of carbonyl (C=O) groups excluding carboxylic acids is 2. The average molecular weight is 474 g/mol. The van der Waals surface area contributed by atoms with E-state index < -0.39 is 28.3 Å². The maximum atomic E-state index is 13.0. The molecule has 0 radical (unpaired) electrons. The Morgan fingerprint density at radius 2 is 2.03 bits per heavy atom. The molecular formula is C21H23N5O6S. The summed E-state index contributed by atoms with van der Waals surface area (Å²) in [4.78, 5) is 29.9. The predicted octanol–water partition coefficient (Wildman–Crippen LogP) is 2.07. The third-order valence-corrected chi connectivity index (χ3v) is 7.61. The molecule has 0 aromatic carbocycles. The summed E-state index contributed by atoms with van der Waals surface area (Å²) in [5, 5.41) is 11.2. The first-order chi connectivity index (χ1) is 15.7. The summed E-state index contributed by atoms with van der Waals surface area (Å²) in [6.07, 6.45) is 2.39. The zero-order valence-corrected chi connectivity index (χ0v) is 19.0. The molecule has 1 saturated carbocycles. The van der Waals surface area contributed by atoms with Crippen LogP contribution in [0.4, 0.5) is 5.82 Å². The number of carbonyl (C=O) groups is 2. The van der Waals surface area contributed by atoms with Crippen LogP contribution in [0.2, 0.25) is 0 Å². The Morgan fingerprint density at radius 3 is 2.67 bits per heavy atom. The second-order valence-electron chi connectivity index (χ2n) is 8.60. The van der Waals surface area contributed by atoms with Crippen molar-refractivity contribution < 1.29 is 27.3 Å². The summed E-state index contributed by atoms with van der Waals surface area (Å²) >= 11 is 0. The molecule has 1 amide bonds. The Morgan fingerprint density at radius 1 is 1.24 bits per heavy atom. The van der Waals surface area contributed by atoms with Crippen molar-refractivity contribution in [2.75, 3.05) is 23.4 Å². The van der Waals surface area contributed by atoms with E-state index in [1.807, 2.05) is 0 Å². The quantitative estimate of drug-likeness (QED) is 0.531. The number of nitrogens with zero attached hydrogens (tertiary/aromatic N) is 4. The SMILES string of the molecule is Cc1cc(NC(=O)COC(=O)c2cc(C3CC3)nc3c2c(C)nn3[C@H]2CCS(=O)(=O)C2)no1. The molecular weight excluding hydrogens is 450 g/mol. The zero-order valence-electron chi connectivity index (χ0n) is 18.2. The second-order valence-corrected chi connectivity index (χ2v) is 10.8. The standard InChI is InChI=1S/C21H23N5O6S/c1-11-7-17(25-32-11)23-18(27)9-31-21(28)15-8-16(13-3-4-13)22-20-19(15)12(2)24-26(20)14-5-6-33(29,30)10-14/h7-8,13-14H,3-6,9-10H2,1-2H3,(H,23,25,27)/t14-/m0/s1. The molecule has 3 aromatic heterocycles. The minimum atomic E-state index is -3.12. The molecule has 0 unspecified atom stereocenters. The highest BCUT2D eigenvalue weighted by molar-refractivity contribution is 7.91. The van der Waals surface area contributed by atoms with E-state index in [9.17, 15) is 18.0 Å². The predicted molar refractivity (Wildman–Crippen MR) is 117 cm³/mol. The third kappa shape index (κ3) is 4.34. The van der Waals surface area contributed by atoms with Crippen LogP contribution in [0.15, 0.2) is 16.7 Å². The van der Waals surface area contributed by atoms with Crippen molar-refractivity contribution in [1.29, 1.82) is 0 Å². The number of sulfone groups is 1. The van der Waals surface area contributed by atoms with Gasteiger partial charge in [0.15, 0.2) is 27.9 Å². The summed E-state index contributed by atoms with van der Waals surface area (Å²) in [6, 6.07) is 2.93. The van der Waals surface area contributed by atoms with Gasteiger partial charge < -0.3 is 14.6 Å².